The van der Waals surface area contributed by atoms with Crippen molar-refractivity contribution in [2.45, 2.75) is 26.2 Å². The molecule has 0 N–H and O–H groups in total. The van der Waals surface area contributed by atoms with Crippen molar-refractivity contribution in [3.63, 3.8) is 0 Å². The highest BCUT2D eigenvalue weighted by Gasteiger charge is 2.37. The number of aromatic nitrogens is 2. The third-order valence-electron chi connectivity index (χ3n) is 5.79. The molecule has 1 fully saturated rings. The number of amides is 1. The lowest BCUT2D eigenvalue weighted by Crippen LogP contribution is -2.44. The summed E-state index contributed by atoms with van der Waals surface area (Å²) in [6, 6.07) is 9.95. The second-order valence-corrected chi connectivity index (χ2v) is 9.12. The van der Waals surface area contributed by atoms with Gasteiger partial charge in [-0.3, -0.25) is 4.79 Å². The molecule has 32 heavy (non-hydrogen) atoms. The summed E-state index contributed by atoms with van der Waals surface area (Å²) in [7, 11) is 0. The minimum atomic E-state index is -0.518. The number of benzene rings is 1. The van der Waals surface area contributed by atoms with Crippen molar-refractivity contribution in [2.24, 2.45) is 5.41 Å². The number of likely N-dealkylation sites (tertiary alicyclic amines) is 1. The molecule has 2 aromatic rings. The van der Waals surface area contributed by atoms with Gasteiger partial charge in [0.1, 0.15) is 6.33 Å². The van der Waals surface area contributed by atoms with Gasteiger partial charge in [0, 0.05) is 34.4 Å². The van der Waals surface area contributed by atoms with E-state index in [4.69, 9.17) is 11.6 Å². The summed E-state index contributed by atoms with van der Waals surface area (Å²) < 4.78 is 0.901. The fraction of sp³-hybridized carbons (Fsp3) is 0.280. The molecule has 0 aliphatic carbocycles. The second-order valence-electron chi connectivity index (χ2n) is 7.82. The molecule has 1 aliphatic rings. The second kappa shape index (κ2) is 10.7. The predicted octanol–water partition coefficient (Wildman–Crippen LogP) is 5.78. The summed E-state index contributed by atoms with van der Waals surface area (Å²) in [6.45, 7) is 6.62. The van der Waals surface area contributed by atoms with Crippen LogP contribution in [-0.2, 0) is 11.2 Å². The fourth-order valence-corrected chi connectivity index (χ4v) is 4.66. The van der Waals surface area contributed by atoms with Crippen LogP contribution in [0.5, 0.6) is 0 Å². The van der Waals surface area contributed by atoms with E-state index in [-0.39, 0.29) is 5.91 Å². The standard InChI is InChI=1S/C25H24BrClN4O/c1-3-4-5-21(18(2)23-8-11-29-17-30-23)24(32)31-12-9-25(16-28,10-13-31)15-19-6-7-20(27)14-22(19)26/h3-8,11,14,17H,1,9-10,12-13,15H2,2H3/b5-4-,21-18-. The highest BCUT2D eigenvalue weighted by Crippen LogP contribution is 2.37. The average Bonchev–Trinajstić information content (AvgIpc) is 2.82. The molecule has 0 atom stereocenters. The van der Waals surface area contributed by atoms with Gasteiger partial charge in [-0.2, -0.15) is 5.26 Å². The van der Waals surface area contributed by atoms with Crippen molar-refractivity contribution in [3.8, 4) is 6.07 Å². The zero-order valence-corrected chi connectivity index (χ0v) is 20.2. The molecule has 1 aromatic heterocycles. The van der Waals surface area contributed by atoms with Crippen LogP contribution in [0.2, 0.25) is 5.02 Å². The highest BCUT2D eigenvalue weighted by molar-refractivity contribution is 9.10. The van der Waals surface area contributed by atoms with Gasteiger partial charge >= 0.3 is 0 Å². The predicted molar refractivity (Wildman–Crippen MR) is 131 cm³/mol. The molecule has 1 saturated heterocycles. The first-order valence-electron chi connectivity index (χ1n) is 10.3. The zero-order chi connectivity index (χ0) is 23.1. The SMILES string of the molecule is C=C/C=C\C(C(=O)N1CCC(C#N)(Cc2ccc(Cl)cc2Br)CC1)=C(/C)c1ccncn1. The van der Waals surface area contributed by atoms with E-state index in [0.29, 0.717) is 48.6 Å². The Bertz CT molecular complexity index is 1100. The lowest BCUT2D eigenvalue weighted by molar-refractivity contribution is -0.128. The molecule has 7 heteroatoms. The van der Waals surface area contributed by atoms with E-state index in [1.807, 2.05) is 30.0 Å². The van der Waals surface area contributed by atoms with Gasteiger partial charge < -0.3 is 4.90 Å². The summed E-state index contributed by atoms with van der Waals surface area (Å²) in [5.41, 5.74) is 2.57. The minimum absolute atomic E-state index is 0.0709. The van der Waals surface area contributed by atoms with Crippen LogP contribution in [0.3, 0.4) is 0 Å². The monoisotopic (exact) mass is 510 g/mol. The Labute approximate surface area is 202 Å². The van der Waals surface area contributed by atoms with Crippen molar-refractivity contribution in [1.82, 2.24) is 14.9 Å². The Kier molecular flexibility index (Phi) is 8.00. The summed E-state index contributed by atoms with van der Waals surface area (Å²) in [5, 5.41) is 10.6. The van der Waals surface area contributed by atoms with Gasteiger partial charge in [-0.1, -0.05) is 52.3 Å². The molecule has 2 heterocycles. The van der Waals surface area contributed by atoms with Gasteiger partial charge in [0.2, 0.25) is 0 Å². The average molecular weight is 512 g/mol. The van der Waals surface area contributed by atoms with Gasteiger partial charge in [0.15, 0.2) is 0 Å². The van der Waals surface area contributed by atoms with Crippen LogP contribution in [0.25, 0.3) is 5.57 Å². The van der Waals surface area contributed by atoms with Crippen molar-refractivity contribution in [2.75, 3.05) is 13.1 Å². The molecule has 0 saturated carbocycles. The van der Waals surface area contributed by atoms with Gasteiger partial charge in [-0.05, 0) is 61.6 Å². The third-order valence-corrected chi connectivity index (χ3v) is 6.76. The Hall–Kier alpha value is -2.75. The van der Waals surface area contributed by atoms with E-state index < -0.39 is 5.41 Å². The number of hydrogen-bond donors (Lipinski definition) is 0. The Morgan fingerprint density at radius 2 is 2.12 bits per heavy atom. The van der Waals surface area contributed by atoms with Crippen molar-refractivity contribution in [3.05, 3.63) is 87.9 Å². The topological polar surface area (TPSA) is 69.9 Å². The van der Waals surface area contributed by atoms with Crippen LogP contribution in [0.15, 0.2) is 71.6 Å². The molecular formula is C25H24BrClN4O. The first-order valence-corrected chi connectivity index (χ1v) is 11.5. The number of nitriles is 1. The van der Waals surface area contributed by atoms with Crippen LogP contribution in [0.1, 0.15) is 31.0 Å². The maximum Gasteiger partial charge on any atom is 0.254 e. The number of nitrogens with zero attached hydrogens (tertiary/aromatic N) is 4. The number of hydrogen-bond acceptors (Lipinski definition) is 4. The molecule has 1 aliphatic heterocycles. The Morgan fingerprint density at radius 3 is 2.72 bits per heavy atom. The normalized spacial score (nSPS) is 16.4. The molecule has 1 aromatic carbocycles. The van der Waals surface area contributed by atoms with Crippen LogP contribution in [0, 0.1) is 16.7 Å². The molecule has 5 nitrogen and oxygen atoms in total. The quantitative estimate of drug-likeness (QED) is 0.364. The molecule has 0 spiro atoms. The van der Waals surface area contributed by atoms with Crippen LogP contribution >= 0.6 is 27.5 Å². The van der Waals surface area contributed by atoms with Crippen LogP contribution in [0.4, 0.5) is 0 Å². The lowest BCUT2D eigenvalue weighted by Gasteiger charge is -2.38. The number of allylic oxidation sites excluding steroid dienone is 3. The van der Waals surface area contributed by atoms with Gasteiger partial charge in [0.05, 0.1) is 17.2 Å². The molecule has 0 bridgehead atoms. The van der Waals surface area contributed by atoms with E-state index in [1.165, 1.54) is 6.33 Å². The maximum absolute atomic E-state index is 13.4. The number of carbonyl (C=O) groups excluding carboxylic acids is 1. The van der Waals surface area contributed by atoms with E-state index in [1.54, 1.807) is 30.5 Å². The van der Waals surface area contributed by atoms with E-state index in [9.17, 15) is 10.1 Å². The van der Waals surface area contributed by atoms with Crippen LogP contribution in [-0.4, -0.2) is 33.9 Å². The minimum Gasteiger partial charge on any atom is -0.339 e. The summed E-state index contributed by atoms with van der Waals surface area (Å²) in [4.78, 5) is 23.4. The maximum atomic E-state index is 13.4. The largest absolute Gasteiger partial charge is 0.339 e. The van der Waals surface area contributed by atoms with Crippen molar-refractivity contribution in [1.29, 1.82) is 5.26 Å². The van der Waals surface area contributed by atoms with E-state index in [0.717, 1.165) is 15.6 Å². The van der Waals surface area contributed by atoms with Gasteiger partial charge in [-0.25, -0.2) is 9.97 Å². The summed E-state index contributed by atoms with van der Waals surface area (Å²) in [6.07, 6.45) is 10.1. The Morgan fingerprint density at radius 1 is 1.38 bits per heavy atom. The molecule has 3 rings (SSSR count). The summed E-state index contributed by atoms with van der Waals surface area (Å²) in [5.74, 6) is -0.0709. The molecule has 0 radical (unpaired) electrons. The number of carbonyl (C=O) groups is 1. The van der Waals surface area contributed by atoms with Crippen LogP contribution < -0.4 is 0 Å². The van der Waals surface area contributed by atoms with Gasteiger partial charge in [-0.15, -0.1) is 0 Å². The highest BCUT2D eigenvalue weighted by atomic mass is 79.9. The molecule has 0 unspecified atom stereocenters. The first kappa shape index (κ1) is 23.9. The van der Waals surface area contributed by atoms with E-state index in [2.05, 4.69) is 38.5 Å². The molecule has 164 valence electrons. The number of halogens is 2. The summed E-state index contributed by atoms with van der Waals surface area (Å²) >= 11 is 9.61. The fourth-order valence-electron chi connectivity index (χ4n) is 3.84. The number of rotatable bonds is 6. The molecular weight excluding hydrogens is 488 g/mol. The zero-order valence-electron chi connectivity index (χ0n) is 17.9. The van der Waals surface area contributed by atoms with Crippen molar-refractivity contribution >= 4 is 39.0 Å². The smallest absolute Gasteiger partial charge is 0.254 e. The third kappa shape index (κ3) is 5.53. The Balaban J connectivity index is 1.80. The van der Waals surface area contributed by atoms with Crippen molar-refractivity contribution < 1.29 is 4.79 Å². The lowest BCUT2D eigenvalue weighted by atomic mass is 9.75. The first-order chi connectivity index (χ1) is 15.4. The molecule has 1 amide bonds. The van der Waals surface area contributed by atoms with E-state index >= 15 is 0 Å². The van der Waals surface area contributed by atoms with Gasteiger partial charge in [0.25, 0.3) is 5.91 Å². The number of piperidine rings is 1.